The topological polar surface area (TPSA) is 66.2 Å². The highest BCUT2D eigenvalue weighted by Gasteiger charge is 1.96. The van der Waals surface area contributed by atoms with E-state index < -0.39 is 11.1 Å². The average Bonchev–Trinajstić information content (AvgIpc) is 1.98. The minimum Gasteiger partial charge on any atom is -0.768 e. The van der Waals surface area contributed by atoms with Gasteiger partial charge >= 0.3 is 0 Å². The van der Waals surface area contributed by atoms with Gasteiger partial charge in [-0.15, -0.1) is 0 Å². The number of hydrogen-bond acceptors (Lipinski definition) is 3. The summed E-state index contributed by atoms with van der Waals surface area (Å²) in [6.07, 6.45) is 3.20. The van der Waals surface area contributed by atoms with Crippen LogP contribution in [-0.2, 0) is 11.1 Å². The van der Waals surface area contributed by atoms with Gasteiger partial charge in [-0.3, -0.25) is 4.21 Å². The van der Waals surface area contributed by atoms with Crippen LogP contribution in [0.2, 0.25) is 0 Å². The lowest BCUT2D eigenvalue weighted by atomic mass is 10.3. The monoisotopic (exact) mass is 174 g/mol. The van der Waals surface area contributed by atoms with E-state index in [0.29, 0.717) is 5.57 Å². The first-order valence-electron chi connectivity index (χ1n) is 3.25. The molecule has 0 rings (SSSR count). The van der Waals surface area contributed by atoms with E-state index in [1.165, 1.54) is 6.08 Å². The lowest BCUT2D eigenvalue weighted by Crippen LogP contribution is -2.05. The Kier molecular flexibility index (Phi) is 5.02. The second kappa shape index (κ2) is 5.23. The zero-order valence-corrected chi connectivity index (χ0v) is 7.48. The molecule has 11 heavy (non-hydrogen) atoms. The molecule has 0 saturated carbocycles. The third-order valence-electron chi connectivity index (χ3n) is 1.22. The van der Waals surface area contributed by atoms with E-state index in [2.05, 4.69) is 0 Å². The summed E-state index contributed by atoms with van der Waals surface area (Å²) in [7, 11) is 0. The average molecular weight is 174 g/mol. The van der Waals surface area contributed by atoms with Crippen molar-refractivity contribution < 1.29 is 8.76 Å². The van der Waals surface area contributed by atoms with Crippen LogP contribution in [0.25, 0.3) is 0 Å². The molecular formula is C7H12NO2S-. The summed E-state index contributed by atoms with van der Waals surface area (Å²) >= 11 is -2.17. The molecule has 0 aromatic heterocycles. The van der Waals surface area contributed by atoms with Gasteiger partial charge in [-0.05, 0) is 30.5 Å². The van der Waals surface area contributed by atoms with Crippen molar-refractivity contribution in [2.75, 3.05) is 6.54 Å². The molecule has 1 atom stereocenters. The Morgan fingerprint density at radius 3 is 2.55 bits per heavy atom. The van der Waals surface area contributed by atoms with Crippen LogP contribution in [0.5, 0.6) is 0 Å². The quantitative estimate of drug-likeness (QED) is 0.505. The Labute approximate surface area is 69.3 Å². The molecule has 0 aromatic carbocycles. The molecule has 0 fully saturated rings. The number of rotatable bonds is 3. The Morgan fingerprint density at radius 1 is 1.73 bits per heavy atom. The molecule has 2 N–H and O–H groups in total. The van der Waals surface area contributed by atoms with E-state index in [1.807, 2.05) is 0 Å². The molecule has 64 valence electrons. The summed E-state index contributed by atoms with van der Waals surface area (Å²) in [6, 6.07) is 0. The SMILES string of the molecule is C/C=C\C(=C(/C)CN)S(=O)[O-]. The summed E-state index contributed by atoms with van der Waals surface area (Å²) in [5.41, 5.74) is 5.95. The third-order valence-corrected chi connectivity index (χ3v) is 2.07. The molecule has 0 saturated heterocycles. The lowest BCUT2D eigenvalue weighted by Gasteiger charge is -2.09. The van der Waals surface area contributed by atoms with Gasteiger partial charge in [0.05, 0.1) is 0 Å². The maximum atomic E-state index is 10.5. The van der Waals surface area contributed by atoms with Crippen LogP contribution in [-0.4, -0.2) is 15.3 Å². The fourth-order valence-electron chi connectivity index (χ4n) is 0.592. The zero-order valence-electron chi connectivity index (χ0n) is 6.66. The highest BCUT2D eigenvalue weighted by atomic mass is 32.2. The normalized spacial score (nSPS) is 16.7. The first-order valence-corrected chi connectivity index (χ1v) is 4.32. The van der Waals surface area contributed by atoms with Gasteiger partial charge in [0, 0.05) is 11.4 Å². The van der Waals surface area contributed by atoms with Crippen LogP contribution in [0.3, 0.4) is 0 Å². The van der Waals surface area contributed by atoms with E-state index in [4.69, 9.17) is 5.73 Å². The van der Waals surface area contributed by atoms with Crippen LogP contribution < -0.4 is 5.73 Å². The first kappa shape index (κ1) is 10.6. The molecule has 0 aliphatic carbocycles. The molecule has 0 spiro atoms. The van der Waals surface area contributed by atoms with Crippen LogP contribution >= 0.6 is 0 Å². The fourth-order valence-corrected chi connectivity index (χ4v) is 1.21. The van der Waals surface area contributed by atoms with Gasteiger partial charge in [0.2, 0.25) is 0 Å². The minimum absolute atomic E-state index is 0.271. The molecule has 0 amide bonds. The van der Waals surface area contributed by atoms with Crippen LogP contribution in [0, 0.1) is 0 Å². The summed E-state index contributed by atoms with van der Waals surface area (Å²) in [5, 5.41) is 0. The van der Waals surface area contributed by atoms with E-state index >= 15 is 0 Å². The van der Waals surface area contributed by atoms with E-state index in [9.17, 15) is 8.76 Å². The summed E-state index contributed by atoms with van der Waals surface area (Å²) in [6.45, 7) is 3.73. The van der Waals surface area contributed by atoms with Crippen molar-refractivity contribution in [3.63, 3.8) is 0 Å². The van der Waals surface area contributed by atoms with Gasteiger partial charge in [-0.2, -0.15) is 0 Å². The van der Waals surface area contributed by atoms with Gasteiger partial charge in [0.1, 0.15) is 0 Å². The highest BCUT2D eigenvalue weighted by molar-refractivity contribution is 7.83. The number of hydrogen-bond donors (Lipinski definition) is 1. The summed E-state index contributed by atoms with van der Waals surface area (Å²) in [5.74, 6) is 0. The molecule has 1 unspecified atom stereocenters. The Bertz CT molecular complexity index is 208. The maximum Gasteiger partial charge on any atom is 0.0247 e. The fraction of sp³-hybridized carbons (Fsp3) is 0.429. The van der Waals surface area contributed by atoms with Gasteiger partial charge < -0.3 is 10.3 Å². The van der Waals surface area contributed by atoms with Crippen LogP contribution in [0.1, 0.15) is 13.8 Å². The van der Waals surface area contributed by atoms with Crippen LogP contribution in [0.15, 0.2) is 22.6 Å². The first-order chi connectivity index (χ1) is 5.13. The van der Waals surface area contributed by atoms with Crippen molar-refractivity contribution >= 4 is 11.1 Å². The Morgan fingerprint density at radius 2 is 2.27 bits per heavy atom. The molecule has 0 aliphatic rings. The maximum absolute atomic E-state index is 10.5. The van der Waals surface area contributed by atoms with Crippen molar-refractivity contribution in [3.05, 3.63) is 22.6 Å². The smallest absolute Gasteiger partial charge is 0.0247 e. The second-order valence-corrected chi connectivity index (χ2v) is 2.99. The molecule has 0 heterocycles. The molecular weight excluding hydrogens is 162 g/mol. The van der Waals surface area contributed by atoms with Gasteiger partial charge in [-0.25, -0.2) is 0 Å². The van der Waals surface area contributed by atoms with Crippen LogP contribution in [0.4, 0.5) is 0 Å². The molecule has 0 aliphatic heterocycles. The van der Waals surface area contributed by atoms with Gasteiger partial charge in [0.15, 0.2) is 0 Å². The second-order valence-electron chi connectivity index (χ2n) is 2.08. The van der Waals surface area contributed by atoms with E-state index in [0.717, 1.165) is 0 Å². The Hall–Kier alpha value is -0.450. The van der Waals surface area contributed by atoms with E-state index in [1.54, 1.807) is 19.9 Å². The molecule has 3 nitrogen and oxygen atoms in total. The Balaban J connectivity index is 4.72. The largest absolute Gasteiger partial charge is 0.768 e. The summed E-state index contributed by atoms with van der Waals surface area (Å²) < 4.78 is 21.1. The standard InChI is InChI=1S/C7H13NO2S/c1-3-4-7(11(9)10)6(2)5-8/h3-4H,5,8H2,1-2H3,(H,9,10)/p-1/b4-3-,7-6-. The van der Waals surface area contributed by atoms with Gasteiger partial charge in [-0.1, -0.05) is 12.2 Å². The molecule has 0 radical (unpaired) electrons. The molecule has 4 heteroatoms. The van der Waals surface area contributed by atoms with Crippen molar-refractivity contribution in [2.45, 2.75) is 13.8 Å². The molecule has 0 aromatic rings. The minimum atomic E-state index is -2.17. The lowest BCUT2D eigenvalue weighted by molar-refractivity contribution is 0.544. The highest BCUT2D eigenvalue weighted by Crippen LogP contribution is 2.07. The van der Waals surface area contributed by atoms with Crippen molar-refractivity contribution in [1.29, 1.82) is 0 Å². The summed E-state index contributed by atoms with van der Waals surface area (Å²) in [4.78, 5) is 0.287. The van der Waals surface area contributed by atoms with E-state index in [-0.39, 0.29) is 11.4 Å². The van der Waals surface area contributed by atoms with Gasteiger partial charge in [0.25, 0.3) is 0 Å². The third kappa shape index (κ3) is 3.46. The van der Waals surface area contributed by atoms with Crippen molar-refractivity contribution in [1.82, 2.24) is 0 Å². The molecule has 0 bridgehead atoms. The number of nitrogens with two attached hydrogens (primary N) is 1. The van der Waals surface area contributed by atoms with Crippen molar-refractivity contribution in [2.24, 2.45) is 5.73 Å². The van der Waals surface area contributed by atoms with Crippen molar-refractivity contribution in [3.8, 4) is 0 Å². The predicted molar refractivity (Wildman–Crippen MR) is 45.5 cm³/mol. The predicted octanol–water partition coefficient (Wildman–Crippen LogP) is 0.674. The zero-order chi connectivity index (χ0) is 8.85. The number of allylic oxidation sites excluding steroid dienone is 2.